The van der Waals surface area contributed by atoms with E-state index in [0.717, 1.165) is 51.5 Å². The van der Waals surface area contributed by atoms with Gasteiger partial charge in [-0.3, -0.25) is 9.79 Å². The van der Waals surface area contributed by atoms with Crippen LogP contribution in [0.4, 0.5) is 0 Å². The van der Waals surface area contributed by atoms with Gasteiger partial charge in [-0.05, 0) is 41.9 Å². The number of carbonyl (C=O) groups excluding carboxylic acids is 1. The Labute approximate surface area is 179 Å². The zero-order valence-electron chi connectivity index (χ0n) is 17.9. The van der Waals surface area contributed by atoms with E-state index in [1.54, 1.807) is 0 Å². The van der Waals surface area contributed by atoms with E-state index >= 15 is 0 Å². The first kappa shape index (κ1) is 20.5. The molecule has 158 valence electrons. The number of aliphatic imine (C=N–C) groups is 1. The smallest absolute Gasteiger partial charge is 0.223 e. The molecule has 1 fully saturated rings. The van der Waals surface area contributed by atoms with E-state index in [4.69, 9.17) is 0 Å². The molecule has 0 spiro atoms. The number of nitrogens with zero attached hydrogens (tertiary/aromatic N) is 3. The molecule has 2 aromatic carbocycles. The SMILES string of the molecule is CN=C(NCCCC(=O)N1Cc2ccccc2C1)N1CCC(Cc2ccccc2)C1. The third-order valence-corrected chi connectivity index (χ3v) is 6.21. The number of fused-ring (bicyclic) bond motifs is 1. The van der Waals surface area contributed by atoms with Crippen molar-refractivity contribution in [2.45, 2.75) is 38.8 Å². The van der Waals surface area contributed by atoms with Gasteiger partial charge in [0.05, 0.1) is 0 Å². The Morgan fingerprint density at radius 1 is 1.03 bits per heavy atom. The molecule has 0 aromatic heterocycles. The number of amides is 1. The lowest BCUT2D eigenvalue weighted by Crippen LogP contribution is -2.40. The molecule has 5 heteroatoms. The van der Waals surface area contributed by atoms with Crippen LogP contribution < -0.4 is 5.32 Å². The molecule has 1 N–H and O–H groups in total. The highest BCUT2D eigenvalue weighted by Gasteiger charge is 2.25. The van der Waals surface area contributed by atoms with Crippen molar-refractivity contribution in [1.82, 2.24) is 15.1 Å². The quantitative estimate of drug-likeness (QED) is 0.456. The lowest BCUT2D eigenvalue weighted by atomic mass is 9.99. The fraction of sp³-hybridized carbons (Fsp3) is 0.440. The van der Waals surface area contributed by atoms with E-state index in [2.05, 4.69) is 57.7 Å². The maximum Gasteiger partial charge on any atom is 0.223 e. The minimum atomic E-state index is 0.243. The van der Waals surface area contributed by atoms with E-state index in [-0.39, 0.29) is 5.91 Å². The summed E-state index contributed by atoms with van der Waals surface area (Å²) in [5.74, 6) is 1.88. The van der Waals surface area contributed by atoms with Crippen LogP contribution >= 0.6 is 0 Å². The Hall–Kier alpha value is -2.82. The van der Waals surface area contributed by atoms with Crippen molar-refractivity contribution < 1.29 is 4.79 Å². The van der Waals surface area contributed by atoms with Gasteiger partial charge in [0, 0.05) is 46.2 Å². The molecule has 2 aromatic rings. The van der Waals surface area contributed by atoms with Crippen molar-refractivity contribution in [3.05, 3.63) is 71.3 Å². The summed E-state index contributed by atoms with van der Waals surface area (Å²) in [4.78, 5) is 21.3. The number of guanidine groups is 1. The van der Waals surface area contributed by atoms with Crippen molar-refractivity contribution in [3.8, 4) is 0 Å². The third kappa shape index (κ3) is 5.02. The first-order valence-corrected chi connectivity index (χ1v) is 11.1. The summed E-state index contributed by atoms with van der Waals surface area (Å²) in [5, 5.41) is 3.46. The Bertz CT molecular complexity index is 855. The number of hydrogen-bond acceptors (Lipinski definition) is 2. The predicted octanol–water partition coefficient (Wildman–Crippen LogP) is 3.45. The van der Waals surface area contributed by atoms with E-state index in [9.17, 15) is 4.79 Å². The molecule has 1 unspecified atom stereocenters. The molecule has 2 aliphatic heterocycles. The Kier molecular flexibility index (Phi) is 6.67. The van der Waals surface area contributed by atoms with Gasteiger partial charge in [-0.25, -0.2) is 0 Å². The van der Waals surface area contributed by atoms with E-state index in [1.807, 2.05) is 24.1 Å². The van der Waals surface area contributed by atoms with Crippen molar-refractivity contribution in [1.29, 1.82) is 0 Å². The summed E-state index contributed by atoms with van der Waals surface area (Å²) in [6, 6.07) is 19.1. The summed E-state index contributed by atoms with van der Waals surface area (Å²) in [6.07, 6.45) is 3.73. The highest BCUT2D eigenvalue weighted by Crippen LogP contribution is 2.23. The minimum absolute atomic E-state index is 0.243. The average molecular weight is 405 g/mol. The first-order valence-electron chi connectivity index (χ1n) is 11.1. The molecular weight excluding hydrogens is 372 g/mol. The zero-order valence-corrected chi connectivity index (χ0v) is 17.9. The normalized spacial score (nSPS) is 18.6. The van der Waals surface area contributed by atoms with Gasteiger partial charge in [0.1, 0.15) is 0 Å². The van der Waals surface area contributed by atoms with Crippen LogP contribution in [0.3, 0.4) is 0 Å². The van der Waals surface area contributed by atoms with Crippen LogP contribution in [0, 0.1) is 5.92 Å². The molecule has 1 atom stereocenters. The fourth-order valence-electron chi connectivity index (χ4n) is 4.58. The van der Waals surface area contributed by atoms with E-state index < -0.39 is 0 Å². The first-order chi connectivity index (χ1) is 14.7. The van der Waals surface area contributed by atoms with Gasteiger partial charge in [-0.2, -0.15) is 0 Å². The van der Waals surface area contributed by atoms with Crippen LogP contribution in [0.15, 0.2) is 59.6 Å². The van der Waals surface area contributed by atoms with Gasteiger partial charge in [0.15, 0.2) is 5.96 Å². The molecule has 1 amide bonds. The van der Waals surface area contributed by atoms with E-state index in [1.165, 1.54) is 23.1 Å². The van der Waals surface area contributed by atoms with Crippen molar-refractivity contribution in [2.24, 2.45) is 10.9 Å². The van der Waals surface area contributed by atoms with Crippen molar-refractivity contribution >= 4 is 11.9 Å². The van der Waals surface area contributed by atoms with E-state index in [0.29, 0.717) is 12.3 Å². The second-order valence-corrected chi connectivity index (χ2v) is 8.39. The minimum Gasteiger partial charge on any atom is -0.356 e. The van der Waals surface area contributed by atoms with Crippen molar-refractivity contribution in [2.75, 3.05) is 26.7 Å². The summed E-state index contributed by atoms with van der Waals surface area (Å²) in [6.45, 7) is 4.36. The highest BCUT2D eigenvalue weighted by molar-refractivity contribution is 5.80. The van der Waals surface area contributed by atoms with Crippen LogP contribution in [0.25, 0.3) is 0 Å². The topological polar surface area (TPSA) is 47.9 Å². The third-order valence-electron chi connectivity index (χ3n) is 6.21. The Morgan fingerprint density at radius 2 is 1.73 bits per heavy atom. The highest BCUT2D eigenvalue weighted by atomic mass is 16.2. The average Bonchev–Trinajstić information content (AvgIpc) is 3.41. The maximum atomic E-state index is 12.6. The van der Waals surface area contributed by atoms with Crippen LogP contribution in [0.5, 0.6) is 0 Å². The van der Waals surface area contributed by atoms with Crippen molar-refractivity contribution in [3.63, 3.8) is 0 Å². The molecule has 0 radical (unpaired) electrons. The largest absolute Gasteiger partial charge is 0.356 e. The monoisotopic (exact) mass is 404 g/mol. The zero-order chi connectivity index (χ0) is 20.8. The van der Waals surface area contributed by atoms with Gasteiger partial charge >= 0.3 is 0 Å². The van der Waals surface area contributed by atoms with Crippen LogP contribution in [-0.2, 0) is 24.3 Å². The molecule has 0 aliphatic carbocycles. The maximum absolute atomic E-state index is 12.6. The predicted molar refractivity (Wildman–Crippen MR) is 121 cm³/mol. The van der Waals surface area contributed by atoms with Crippen LogP contribution in [-0.4, -0.2) is 48.3 Å². The molecule has 1 saturated heterocycles. The lowest BCUT2D eigenvalue weighted by molar-refractivity contribution is -0.131. The number of likely N-dealkylation sites (tertiary alicyclic amines) is 1. The molecule has 30 heavy (non-hydrogen) atoms. The number of nitrogens with one attached hydrogen (secondary N) is 1. The fourth-order valence-corrected chi connectivity index (χ4v) is 4.58. The molecule has 5 nitrogen and oxygen atoms in total. The van der Waals surface area contributed by atoms with Gasteiger partial charge in [-0.1, -0.05) is 54.6 Å². The molecule has 0 saturated carbocycles. The number of rotatable bonds is 6. The standard InChI is InChI=1S/C25H32N4O/c1-26-25(28-15-13-21(17-28)16-20-8-3-2-4-9-20)27-14-7-12-24(30)29-18-22-10-5-6-11-23(22)19-29/h2-6,8-11,21H,7,12-19H2,1H3,(H,26,27). The van der Waals surface area contributed by atoms with Crippen LogP contribution in [0.2, 0.25) is 0 Å². The summed E-state index contributed by atoms with van der Waals surface area (Å²) in [5.41, 5.74) is 3.97. The number of hydrogen-bond donors (Lipinski definition) is 1. The number of benzene rings is 2. The van der Waals surface area contributed by atoms with Gasteiger partial charge < -0.3 is 15.1 Å². The van der Waals surface area contributed by atoms with Crippen LogP contribution in [0.1, 0.15) is 36.0 Å². The van der Waals surface area contributed by atoms with Gasteiger partial charge in [-0.15, -0.1) is 0 Å². The Morgan fingerprint density at radius 3 is 2.43 bits per heavy atom. The molecular formula is C25H32N4O. The van der Waals surface area contributed by atoms with Gasteiger partial charge in [0.2, 0.25) is 5.91 Å². The second kappa shape index (κ2) is 9.79. The Balaban J connectivity index is 1.17. The summed E-state index contributed by atoms with van der Waals surface area (Å²) in [7, 11) is 1.85. The molecule has 2 aliphatic rings. The summed E-state index contributed by atoms with van der Waals surface area (Å²) >= 11 is 0. The number of carbonyl (C=O) groups is 1. The molecule has 0 bridgehead atoms. The lowest BCUT2D eigenvalue weighted by Gasteiger charge is -2.22. The molecule has 4 rings (SSSR count). The second-order valence-electron chi connectivity index (χ2n) is 8.39. The molecule has 2 heterocycles. The summed E-state index contributed by atoms with van der Waals surface area (Å²) < 4.78 is 0. The van der Waals surface area contributed by atoms with Gasteiger partial charge in [0.25, 0.3) is 0 Å².